The average Bonchev–Trinajstić information content (AvgIpc) is 3.17. The molecule has 154 valence electrons. The van der Waals surface area contributed by atoms with Gasteiger partial charge in [0.15, 0.2) is 0 Å². The Morgan fingerprint density at radius 3 is 2.52 bits per heavy atom. The van der Waals surface area contributed by atoms with Gasteiger partial charge in [0, 0.05) is 10.2 Å². The number of carbonyl (C=O) groups excluding carboxylic acids is 2. The number of hydrogen-bond donors (Lipinski definition) is 2. The summed E-state index contributed by atoms with van der Waals surface area (Å²) in [4.78, 5) is 27.2. The molecule has 0 saturated carbocycles. The van der Waals surface area contributed by atoms with Crippen LogP contribution in [0.25, 0.3) is 0 Å². The number of rotatable bonds is 7. The van der Waals surface area contributed by atoms with Crippen LogP contribution < -0.4 is 15.4 Å². The van der Waals surface area contributed by atoms with Crippen molar-refractivity contribution in [1.29, 1.82) is 0 Å². The largest absolute Gasteiger partial charge is 0.497 e. The number of ether oxygens (including phenoxy) is 1. The summed E-state index contributed by atoms with van der Waals surface area (Å²) in [6.07, 6.45) is 1.65. The number of anilines is 1. The van der Waals surface area contributed by atoms with Crippen molar-refractivity contribution in [3.05, 3.63) is 58.6 Å². The predicted molar refractivity (Wildman–Crippen MR) is 117 cm³/mol. The van der Waals surface area contributed by atoms with E-state index in [1.165, 1.54) is 0 Å². The summed E-state index contributed by atoms with van der Waals surface area (Å²) in [5.74, 6) is 0.577. The molecule has 2 aromatic carbocycles. The van der Waals surface area contributed by atoms with Gasteiger partial charge in [0.25, 0.3) is 0 Å². The van der Waals surface area contributed by atoms with E-state index in [2.05, 4.69) is 26.6 Å². The maximum atomic E-state index is 12.7. The van der Waals surface area contributed by atoms with Crippen LogP contribution in [0.15, 0.2) is 53.0 Å². The number of carbonyl (C=O) groups is 2. The van der Waals surface area contributed by atoms with E-state index >= 15 is 0 Å². The number of nitrogens with zero attached hydrogens (tertiary/aromatic N) is 1. The van der Waals surface area contributed by atoms with E-state index in [4.69, 9.17) is 4.74 Å². The second-order valence-corrected chi connectivity index (χ2v) is 8.10. The molecule has 1 fully saturated rings. The molecule has 7 heteroatoms. The van der Waals surface area contributed by atoms with Crippen LogP contribution in [-0.4, -0.2) is 43.0 Å². The van der Waals surface area contributed by atoms with Crippen molar-refractivity contribution in [3.63, 3.8) is 0 Å². The zero-order valence-corrected chi connectivity index (χ0v) is 18.2. The molecule has 1 heterocycles. The molecule has 2 atom stereocenters. The number of amides is 2. The Bertz CT molecular complexity index is 839. The molecule has 2 amide bonds. The Kier molecular flexibility index (Phi) is 7.28. The lowest BCUT2D eigenvalue weighted by atomic mass is 10.1. The fourth-order valence-corrected chi connectivity index (χ4v) is 3.78. The summed E-state index contributed by atoms with van der Waals surface area (Å²) >= 11 is 3.42. The van der Waals surface area contributed by atoms with Gasteiger partial charge in [-0.05, 0) is 68.3 Å². The lowest BCUT2D eigenvalue weighted by Gasteiger charge is -2.24. The first-order valence-corrected chi connectivity index (χ1v) is 10.5. The average molecular weight is 460 g/mol. The standard InChI is InChI=1S/C22H26BrN3O3/c1-15(16-5-7-17(23)8-6-16)24-21(27)14-26-13-3-4-20(26)22(28)25-18-9-11-19(29-2)12-10-18/h5-12,15,20H,3-4,13-14H2,1-2H3,(H,24,27)(H,25,28). The SMILES string of the molecule is COc1ccc(NC(=O)C2CCCN2CC(=O)NC(C)c2ccc(Br)cc2)cc1. The second kappa shape index (κ2) is 9.89. The second-order valence-electron chi connectivity index (χ2n) is 7.19. The van der Waals surface area contributed by atoms with Crippen LogP contribution in [0.4, 0.5) is 5.69 Å². The fraction of sp³-hybridized carbons (Fsp3) is 0.364. The Morgan fingerprint density at radius 2 is 1.86 bits per heavy atom. The van der Waals surface area contributed by atoms with Crippen molar-refractivity contribution in [2.24, 2.45) is 0 Å². The van der Waals surface area contributed by atoms with Crippen molar-refractivity contribution in [1.82, 2.24) is 10.2 Å². The number of nitrogens with one attached hydrogen (secondary N) is 2. The molecule has 0 aromatic heterocycles. The lowest BCUT2D eigenvalue weighted by Crippen LogP contribution is -2.45. The summed E-state index contributed by atoms with van der Waals surface area (Å²) in [5, 5.41) is 5.96. The maximum absolute atomic E-state index is 12.7. The normalized spacial score (nSPS) is 17.6. The summed E-state index contributed by atoms with van der Waals surface area (Å²) in [5.41, 5.74) is 1.76. The number of halogens is 1. The van der Waals surface area contributed by atoms with Crippen LogP contribution in [-0.2, 0) is 9.59 Å². The van der Waals surface area contributed by atoms with Gasteiger partial charge in [-0.2, -0.15) is 0 Å². The van der Waals surface area contributed by atoms with Gasteiger partial charge in [-0.1, -0.05) is 28.1 Å². The van der Waals surface area contributed by atoms with Gasteiger partial charge < -0.3 is 15.4 Å². The Balaban J connectivity index is 1.54. The molecule has 2 unspecified atom stereocenters. The third kappa shape index (κ3) is 5.81. The van der Waals surface area contributed by atoms with Crippen LogP contribution >= 0.6 is 15.9 Å². The molecule has 1 saturated heterocycles. The van der Waals surface area contributed by atoms with Crippen LogP contribution in [0.3, 0.4) is 0 Å². The topological polar surface area (TPSA) is 70.7 Å². The molecular formula is C22H26BrN3O3. The number of hydrogen-bond acceptors (Lipinski definition) is 4. The minimum atomic E-state index is -0.300. The summed E-state index contributed by atoms with van der Waals surface area (Å²) in [7, 11) is 1.60. The predicted octanol–water partition coefficient (Wildman–Crippen LogP) is 3.74. The minimum Gasteiger partial charge on any atom is -0.497 e. The summed E-state index contributed by atoms with van der Waals surface area (Å²) in [6.45, 7) is 2.90. The number of likely N-dealkylation sites (tertiary alicyclic amines) is 1. The molecule has 0 aliphatic carbocycles. The zero-order chi connectivity index (χ0) is 20.8. The highest BCUT2D eigenvalue weighted by Gasteiger charge is 2.32. The van der Waals surface area contributed by atoms with Crippen LogP contribution in [0.5, 0.6) is 5.75 Å². The molecule has 6 nitrogen and oxygen atoms in total. The Labute approximate surface area is 179 Å². The third-order valence-corrected chi connectivity index (χ3v) is 5.65. The van der Waals surface area contributed by atoms with Gasteiger partial charge in [0.05, 0.1) is 25.7 Å². The van der Waals surface area contributed by atoms with E-state index in [0.29, 0.717) is 0 Å². The van der Waals surface area contributed by atoms with E-state index in [-0.39, 0.29) is 30.4 Å². The molecule has 0 spiro atoms. The van der Waals surface area contributed by atoms with Gasteiger partial charge in [-0.25, -0.2) is 0 Å². The molecular weight excluding hydrogens is 434 g/mol. The molecule has 3 rings (SSSR count). The highest BCUT2D eigenvalue weighted by atomic mass is 79.9. The van der Waals surface area contributed by atoms with E-state index in [1.54, 1.807) is 19.2 Å². The first-order valence-electron chi connectivity index (χ1n) is 9.70. The fourth-order valence-electron chi connectivity index (χ4n) is 3.52. The smallest absolute Gasteiger partial charge is 0.241 e. The van der Waals surface area contributed by atoms with Crippen molar-refractivity contribution in [2.45, 2.75) is 31.8 Å². The van der Waals surface area contributed by atoms with Crippen LogP contribution in [0, 0.1) is 0 Å². The minimum absolute atomic E-state index is 0.0791. The van der Waals surface area contributed by atoms with Gasteiger partial charge >= 0.3 is 0 Å². The monoisotopic (exact) mass is 459 g/mol. The summed E-state index contributed by atoms with van der Waals surface area (Å²) < 4.78 is 6.14. The molecule has 2 N–H and O–H groups in total. The van der Waals surface area contributed by atoms with Gasteiger partial charge in [0.2, 0.25) is 11.8 Å². The van der Waals surface area contributed by atoms with Crippen LogP contribution in [0.2, 0.25) is 0 Å². The Morgan fingerprint density at radius 1 is 1.17 bits per heavy atom. The van der Waals surface area contributed by atoms with Crippen LogP contribution in [0.1, 0.15) is 31.4 Å². The molecule has 1 aliphatic rings. The molecule has 0 radical (unpaired) electrons. The quantitative estimate of drug-likeness (QED) is 0.661. The van der Waals surface area contributed by atoms with Crippen molar-refractivity contribution in [3.8, 4) is 5.75 Å². The van der Waals surface area contributed by atoms with E-state index in [0.717, 1.165) is 40.9 Å². The van der Waals surface area contributed by atoms with E-state index < -0.39 is 0 Å². The van der Waals surface area contributed by atoms with Crippen molar-refractivity contribution < 1.29 is 14.3 Å². The summed E-state index contributed by atoms with van der Waals surface area (Å²) in [6, 6.07) is 14.7. The number of methoxy groups -OCH3 is 1. The molecule has 1 aliphatic heterocycles. The molecule has 0 bridgehead atoms. The highest BCUT2D eigenvalue weighted by Crippen LogP contribution is 2.21. The number of benzene rings is 2. The Hall–Kier alpha value is -2.38. The first kappa shape index (κ1) is 21.3. The maximum Gasteiger partial charge on any atom is 0.241 e. The van der Waals surface area contributed by atoms with Gasteiger partial charge in [-0.3, -0.25) is 14.5 Å². The van der Waals surface area contributed by atoms with Gasteiger partial charge in [0.1, 0.15) is 5.75 Å². The van der Waals surface area contributed by atoms with Crippen molar-refractivity contribution >= 4 is 33.4 Å². The van der Waals surface area contributed by atoms with Gasteiger partial charge in [-0.15, -0.1) is 0 Å². The molecule has 2 aromatic rings. The lowest BCUT2D eigenvalue weighted by molar-refractivity contribution is -0.125. The molecule has 29 heavy (non-hydrogen) atoms. The van der Waals surface area contributed by atoms with Crippen molar-refractivity contribution in [2.75, 3.05) is 25.5 Å². The zero-order valence-electron chi connectivity index (χ0n) is 16.7. The third-order valence-electron chi connectivity index (χ3n) is 5.12. The van der Waals surface area contributed by atoms with E-state index in [9.17, 15) is 9.59 Å². The first-order chi connectivity index (χ1) is 14.0. The highest BCUT2D eigenvalue weighted by molar-refractivity contribution is 9.10. The van der Waals surface area contributed by atoms with E-state index in [1.807, 2.05) is 48.2 Å².